The highest BCUT2D eigenvalue weighted by molar-refractivity contribution is 6.62. The predicted molar refractivity (Wildman–Crippen MR) is 101 cm³/mol. The minimum absolute atomic E-state index is 0.448. The van der Waals surface area contributed by atoms with Crippen molar-refractivity contribution >= 4 is 18.2 Å². The van der Waals surface area contributed by atoms with Crippen LogP contribution in [0.5, 0.6) is 0 Å². The highest BCUT2D eigenvalue weighted by atomic mass is 19.4. The Bertz CT molecular complexity index is 1030. The molecule has 0 atom stereocenters. The molecule has 8 heteroatoms. The number of halogens is 3. The van der Waals surface area contributed by atoms with Gasteiger partial charge in [0.15, 0.2) is 0 Å². The van der Waals surface area contributed by atoms with Gasteiger partial charge < -0.3 is 13.7 Å². The summed E-state index contributed by atoms with van der Waals surface area (Å²) in [7, 11) is -0.515. The first kappa shape index (κ1) is 19.0. The molecule has 0 bridgehead atoms. The van der Waals surface area contributed by atoms with Crippen molar-refractivity contribution in [3.8, 4) is 11.3 Å². The van der Waals surface area contributed by atoms with Crippen LogP contribution in [0.4, 0.5) is 13.2 Å². The summed E-state index contributed by atoms with van der Waals surface area (Å²) < 4.78 is 52.4. The summed E-state index contributed by atoms with van der Waals surface area (Å²) in [5.41, 5.74) is 1.03. The van der Waals surface area contributed by atoms with Crippen molar-refractivity contribution in [3.63, 3.8) is 0 Å². The van der Waals surface area contributed by atoms with E-state index in [-0.39, 0.29) is 0 Å². The highest BCUT2D eigenvalue weighted by Gasteiger charge is 2.51. The standard InChI is InChI=1S/C20H20BF3N2O2/c1-18(2)19(3,4)28-21(27-18)15-7-5-6-13(10-15)16-12-26-11-14(20(22,23)24)8-9-17(26)25-16/h5-12H,1-4H3. The molecule has 1 aliphatic rings. The number of hydrogen-bond acceptors (Lipinski definition) is 3. The van der Waals surface area contributed by atoms with E-state index >= 15 is 0 Å². The third kappa shape index (κ3) is 3.20. The molecule has 4 nitrogen and oxygen atoms in total. The Morgan fingerprint density at radius 2 is 1.64 bits per heavy atom. The molecule has 1 aromatic carbocycles. The lowest BCUT2D eigenvalue weighted by molar-refractivity contribution is -0.137. The minimum Gasteiger partial charge on any atom is -0.399 e. The van der Waals surface area contributed by atoms with Crippen molar-refractivity contribution in [3.05, 3.63) is 54.4 Å². The summed E-state index contributed by atoms with van der Waals surface area (Å²) in [5, 5.41) is 0. The number of aromatic nitrogens is 2. The summed E-state index contributed by atoms with van der Waals surface area (Å²) in [6, 6.07) is 9.93. The zero-order chi connectivity index (χ0) is 20.3. The molecule has 0 unspecified atom stereocenters. The minimum atomic E-state index is -4.39. The van der Waals surface area contributed by atoms with E-state index in [4.69, 9.17) is 9.31 Å². The maximum Gasteiger partial charge on any atom is 0.494 e. The Morgan fingerprint density at radius 1 is 0.964 bits per heavy atom. The van der Waals surface area contributed by atoms with Gasteiger partial charge in [-0.1, -0.05) is 24.3 Å². The maximum absolute atomic E-state index is 12.9. The maximum atomic E-state index is 12.9. The Kier molecular flexibility index (Phi) is 4.14. The first-order valence-electron chi connectivity index (χ1n) is 8.98. The Balaban J connectivity index is 1.68. The molecular formula is C20H20BF3N2O2. The van der Waals surface area contributed by atoms with Crippen molar-refractivity contribution in [1.29, 1.82) is 0 Å². The SMILES string of the molecule is CC1(C)OB(c2cccc(-c3cn4cc(C(F)(F)F)ccc4n3)c2)OC1(C)C. The van der Waals surface area contributed by atoms with E-state index in [1.807, 2.05) is 52.0 Å². The lowest BCUT2D eigenvalue weighted by Gasteiger charge is -2.32. The molecule has 1 saturated heterocycles. The second-order valence-corrected chi connectivity index (χ2v) is 8.02. The van der Waals surface area contributed by atoms with Crippen LogP contribution in [0.25, 0.3) is 16.9 Å². The van der Waals surface area contributed by atoms with Gasteiger partial charge in [-0.05, 0) is 45.3 Å². The first-order chi connectivity index (χ1) is 13.0. The quantitative estimate of drug-likeness (QED) is 0.614. The number of hydrogen-bond donors (Lipinski definition) is 0. The van der Waals surface area contributed by atoms with Gasteiger partial charge in [-0.2, -0.15) is 13.2 Å². The van der Waals surface area contributed by atoms with Gasteiger partial charge in [0, 0.05) is 18.0 Å². The molecule has 2 aromatic heterocycles. The molecular weight excluding hydrogens is 368 g/mol. The Morgan fingerprint density at radius 3 is 2.29 bits per heavy atom. The fraction of sp³-hybridized carbons (Fsp3) is 0.350. The largest absolute Gasteiger partial charge is 0.494 e. The van der Waals surface area contributed by atoms with Gasteiger partial charge in [-0.25, -0.2) is 4.98 Å². The van der Waals surface area contributed by atoms with E-state index in [1.54, 1.807) is 6.20 Å². The fourth-order valence-electron chi connectivity index (χ4n) is 3.12. The third-order valence-corrected chi connectivity index (χ3v) is 5.49. The van der Waals surface area contributed by atoms with E-state index in [1.165, 1.54) is 10.5 Å². The molecule has 0 saturated carbocycles. The van der Waals surface area contributed by atoms with E-state index in [0.29, 0.717) is 11.3 Å². The summed E-state index contributed by atoms with van der Waals surface area (Å²) in [4.78, 5) is 4.45. The van der Waals surface area contributed by atoms with Gasteiger partial charge in [0.1, 0.15) is 5.65 Å². The number of fused-ring (bicyclic) bond motifs is 1. The Hall–Kier alpha value is -2.32. The topological polar surface area (TPSA) is 35.8 Å². The van der Waals surface area contributed by atoms with Gasteiger partial charge in [-0.15, -0.1) is 0 Å². The smallest absolute Gasteiger partial charge is 0.399 e. The fourth-order valence-corrected chi connectivity index (χ4v) is 3.12. The molecule has 3 heterocycles. The van der Waals surface area contributed by atoms with Crippen LogP contribution in [0.1, 0.15) is 33.3 Å². The van der Waals surface area contributed by atoms with Crippen LogP contribution in [0.3, 0.4) is 0 Å². The average molecular weight is 388 g/mol. The number of pyridine rings is 1. The number of alkyl halides is 3. The van der Waals surface area contributed by atoms with Crippen molar-refractivity contribution < 1.29 is 22.5 Å². The molecule has 0 N–H and O–H groups in total. The molecule has 0 aliphatic carbocycles. The van der Waals surface area contributed by atoms with Crippen LogP contribution >= 0.6 is 0 Å². The van der Waals surface area contributed by atoms with E-state index < -0.39 is 30.1 Å². The number of nitrogens with zero attached hydrogens (tertiary/aromatic N) is 2. The van der Waals surface area contributed by atoms with Crippen LogP contribution in [-0.2, 0) is 15.5 Å². The van der Waals surface area contributed by atoms with Crippen molar-refractivity contribution in [1.82, 2.24) is 9.38 Å². The lowest BCUT2D eigenvalue weighted by Crippen LogP contribution is -2.41. The summed E-state index contributed by atoms with van der Waals surface area (Å²) in [5.74, 6) is 0. The molecule has 0 radical (unpaired) electrons. The molecule has 4 rings (SSSR count). The second-order valence-electron chi connectivity index (χ2n) is 8.02. The molecule has 3 aromatic rings. The summed E-state index contributed by atoms with van der Waals surface area (Å²) >= 11 is 0. The van der Waals surface area contributed by atoms with Crippen molar-refractivity contribution in [2.24, 2.45) is 0 Å². The van der Waals surface area contributed by atoms with Gasteiger partial charge in [-0.3, -0.25) is 0 Å². The van der Waals surface area contributed by atoms with Crippen molar-refractivity contribution in [2.45, 2.75) is 45.1 Å². The summed E-state index contributed by atoms with van der Waals surface area (Å²) in [6.45, 7) is 7.93. The van der Waals surface area contributed by atoms with E-state index in [0.717, 1.165) is 23.3 Å². The zero-order valence-corrected chi connectivity index (χ0v) is 16.0. The van der Waals surface area contributed by atoms with Crippen LogP contribution in [0.2, 0.25) is 0 Å². The van der Waals surface area contributed by atoms with Crippen molar-refractivity contribution in [2.75, 3.05) is 0 Å². The number of imidazole rings is 1. The van der Waals surface area contributed by atoms with Crippen LogP contribution in [0, 0.1) is 0 Å². The number of rotatable bonds is 2. The first-order valence-corrected chi connectivity index (χ1v) is 8.98. The van der Waals surface area contributed by atoms with Crippen LogP contribution < -0.4 is 5.46 Å². The molecule has 146 valence electrons. The lowest BCUT2D eigenvalue weighted by atomic mass is 9.78. The highest BCUT2D eigenvalue weighted by Crippen LogP contribution is 2.36. The summed E-state index contributed by atoms with van der Waals surface area (Å²) in [6.07, 6.45) is -1.76. The van der Waals surface area contributed by atoms with Crippen LogP contribution in [0.15, 0.2) is 48.8 Å². The molecule has 1 aliphatic heterocycles. The zero-order valence-electron chi connectivity index (χ0n) is 16.0. The molecule has 0 amide bonds. The van der Waals surface area contributed by atoms with Gasteiger partial charge in [0.25, 0.3) is 0 Å². The third-order valence-electron chi connectivity index (χ3n) is 5.49. The van der Waals surface area contributed by atoms with Crippen LogP contribution in [-0.4, -0.2) is 27.7 Å². The predicted octanol–water partition coefficient (Wildman–Crippen LogP) is 4.32. The van der Waals surface area contributed by atoms with E-state index in [2.05, 4.69) is 4.98 Å². The van der Waals surface area contributed by atoms with Gasteiger partial charge in [0.2, 0.25) is 0 Å². The molecule has 0 spiro atoms. The van der Waals surface area contributed by atoms with E-state index in [9.17, 15) is 13.2 Å². The second kappa shape index (κ2) is 6.09. The molecule has 28 heavy (non-hydrogen) atoms. The van der Waals surface area contributed by atoms with Gasteiger partial charge >= 0.3 is 13.3 Å². The number of benzene rings is 1. The molecule has 1 fully saturated rings. The Labute approximate surface area is 161 Å². The average Bonchev–Trinajstić information content (AvgIpc) is 3.12. The van der Waals surface area contributed by atoms with Gasteiger partial charge in [0.05, 0.1) is 22.5 Å². The normalized spacial score (nSPS) is 18.8. The monoisotopic (exact) mass is 388 g/mol.